The predicted molar refractivity (Wildman–Crippen MR) is 102 cm³/mol. The van der Waals surface area contributed by atoms with Crippen molar-refractivity contribution in [2.45, 2.75) is 78.7 Å². The summed E-state index contributed by atoms with van der Waals surface area (Å²) in [6.07, 6.45) is 5.67. The number of nitrogens with zero attached hydrogens (tertiary/aromatic N) is 1. The molecule has 0 saturated carbocycles. The van der Waals surface area contributed by atoms with Crippen molar-refractivity contribution >= 4 is 11.6 Å². The summed E-state index contributed by atoms with van der Waals surface area (Å²) >= 11 is 0. The number of carbonyl (C=O) groups excluding carboxylic acids is 1. The molecule has 1 atom stereocenters. The average Bonchev–Trinajstić information content (AvgIpc) is 2.60. The van der Waals surface area contributed by atoms with Gasteiger partial charge in [0.05, 0.1) is 18.0 Å². The fraction of sp³-hybridized carbons (Fsp3) is 0.700. The fourth-order valence-electron chi connectivity index (χ4n) is 2.42. The van der Waals surface area contributed by atoms with Gasteiger partial charge in [0.25, 0.3) is 5.91 Å². The van der Waals surface area contributed by atoms with Crippen LogP contribution in [-0.4, -0.2) is 29.7 Å². The minimum absolute atomic E-state index is 0.112. The molecule has 0 unspecified atom stereocenters. The van der Waals surface area contributed by atoms with Crippen LogP contribution in [0.2, 0.25) is 0 Å². The van der Waals surface area contributed by atoms with Crippen molar-refractivity contribution in [3.05, 3.63) is 17.8 Å². The quantitative estimate of drug-likeness (QED) is 0.546. The zero-order valence-corrected chi connectivity index (χ0v) is 16.5. The van der Waals surface area contributed by atoms with Crippen molar-refractivity contribution in [3.63, 3.8) is 0 Å². The maximum Gasteiger partial charge on any atom is 0.256 e. The molecule has 0 spiro atoms. The summed E-state index contributed by atoms with van der Waals surface area (Å²) in [5.41, 5.74) is 0.640. The van der Waals surface area contributed by atoms with Crippen molar-refractivity contribution in [1.82, 2.24) is 4.98 Å². The highest BCUT2D eigenvalue weighted by Gasteiger charge is 2.33. The molecule has 0 radical (unpaired) electrons. The summed E-state index contributed by atoms with van der Waals surface area (Å²) < 4.78 is 11.5. The number of carbonyl (C=O) groups is 1. The van der Waals surface area contributed by atoms with E-state index in [0.29, 0.717) is 31.2 Å². The Bertz CT molecular complexity index is 524. The van der Waals surface area contributed by atoms with Crippen LogP contribution in [0, 0.1) is 6.92 Å². The second kappa shape index (κ2) is 11.1. The van der Waals surface area contributed by atoms with Gasteiger partial charge in [0.15, 0.2) is 0 Å². The number of hydrogen-bond acceptors (Lipinski definition) is 4. The highest BCUT2D eigenvalue weighted by Crippen LogP contribution is 2.24. The number of hydrogen-bond donors (Lipinski definition) is 1. The lowest BCUT2D eigenvalue weighted by Gasteiger charge is -2.29. The minimum atomic E-state index is -0.811. The third kappa shape index (κ3) is 7.02. The topological polar surface area (TPSA) is 60.5 Å². The Hall–Kier alpha value is -1.62. The molecule has 5 nitrogen and oxygen atoms in total. The number of ether oxygens (including phenoxy) is 2. The van der Waals surface area contributed by atoms with Gasteiger partial charge < -0.3 is 14.8 Å². The third-order valence-corrected chi connectivity index (χ3v) is 4.17. The Labute approximate surface area is 152 Å². The summed E-state index contributed by atoms with van der Waals surface area (Å²) in [5, 5.41) is 2.98. The van der Waals surface area contributed by atoms with Gasteiger partial charge in [0, 0.05) is 12.7 Å². The van der Waals surface area contributed by atoms with Gasteiger partial charge in [-0.3, -0.25) is 4.79 Å². The second-order valence-electron chi connectivity index (χ2n) is 6.62. The third-order valence-electron chi connectivity index (χ3n) is 4.17. The lowest BCUT2D eigenvalue weighted by molar-refractivity contribution is -0.140. The summed E-state index contributed by atoms with van der Waals surface area (Å²) in [7, 11) is 0. The molecule has 0 aliphatic rings. The van der Waals surface area contributed by atoms with Gasteiger partial charge in [-0.05, 0) is 39.2 Å². The van der Waals surface area contributed by atoms with Gasteiger partial charge in [-0.15, -0.1) is 0 Å². The van der Waals surface area contributed by atoms with Crippen LogP contribution in [0.4, 0.5) is 5.69 Å². The molecule has 5 heteroatoms. The molecular weight excluding hydrogens is 316 g/mol. The largest absolute Gasteiger partial charge is 0.478 e. The van der Waals surface area contributed by atoms with Gasteiger partial charge >= 0.3 is 0 Å². The number of pyridine rings is 1. The van der Waals surface area contributed by atoms with E-state index >= 15 is 0 Å². The molecule has 0 bridgehead atoms. The number of nitrogens with one attached hydrogen (secondary N) is 1. The number of anilines is 1. The molecule has 0 fully saturated rings. The van der Waals surface area contributed by atoms with E-state index < -0.39 is 5.60 Å². The maximum atomic E-state index is 12.8. The monoisotopic (exact) mass is 350 g/mol. The Morgan fingerprint density at radius 3 is 2.44 bits per heavy atom. The summed E-state index contributed by atoms with van der Waals surface area (Å²) in [6, 6.07) is 3.65. The van der Waals surface area contributed by atoms with Gasteiger partial charge in [-0.2, -0.15) is 0 Å². The smallest absolute Gasteiger partial charge is 0.256 e. The first kappa shape index (κ1) is 21.4. The Kier molecular flexibility index (Phi) is 9.50. The van der Waals surface area contributed by atoms with Gasteiger partial charge in [0.1, 0.15) is 5.60 Å². The van der Waals surface area contributed by atoms with Crippen LogP contribution in [0.25, 0.3) is 0 Å². The van der Waals surface area contributed by atoms with E-state index in [1.807, 2.05) is 26.8 Å². The first-order valence-corrected chi connectivity index (χ1v) is 9.52. The molecule has 1 N–H and O–H groups in total. The number of amides is 1. The Morgan fingerprint density at radius 2 is 1.84 bits per heavy atom. The van der Waals surface area contributed by atoms with E-state index in [0.717, 1.165) is 37.8 Å². The van der Waals surface area contributed by atoms with Crippen LogP contribution in [0.3, 0.4) is 0 Å². The van der Waals surface area contributed by atoms with Gasteiger partial charge in [-0.1, -0.05) is 40.0 Å². The molecule has 0 aliphatic carbocycles. The Morgan fingerprint density at radius 1 is 1.12 bits per heavy atom. The van der Waals surface area contributed by atoms with Crippen molar-refractivity contribution in [1.29, 1.82) is 0 Å². The standard InChI is InChI=1S/C20H34N2O3/c1-6-9-13-20(5,25-14-8-3)19(23)22-17-11-12-18(21-16(17)4)24-15-10-7-2/h11-12H,6-10,13-15H2,1-5H3,(H,22,23)/t20-/m1/s1. The first-order chi connectivity index (χ1) is 12.0. The van der Waals surface area contributed by atoms with Crippen LogP contribution in [0.15, 0.2) is 12.1 Å². The molecule has 0 aliphatic heterocycles. The lowest BCUT2D eigenvalue weighted by Crippen LogP contribution is -2.43. The fourth-order valence-corrected chi connectivity index (χ4v) is 2.42. The van der Waals surface area contributed by atoms with Crippen molar-refractivity contribution in [2.24, 2.45) is 0 Å². The number of aromatic nitrogens is 1. The SMILES string of the molecule is CCCCOc1ccc(NC(=O)[C@@](C)(CCCC)OCCC)c(C)n1. The highest BCUT2D eigenvalue weighted by atomic mass is 16.5. The summed E-state index contributed by atoms with van der Waals surface area (Å²) in [5.74, 6) is 0.485. The van der Waals surface area contributed by atoms with Crippen molar-refractivity contribution in [2.75, 3.05) is 18.5 Å². The maximum absolute atomic E-state index is 12.8. The van der Waals surface area contributed by atoms with Crippen LogP contribution in [0.1, 0.15) is 71.9 Å². The molecule has 0 aromatic carbocycles. The predicted octanol–water partition coefficient (Wildman–Crippen LogP) is 4.88. The normalized spacial score (nSPS) is 13.3. The van der Waals surface area contributed by atoms with Crippen LogP contribution >= 0.6 is 0 Å². The zero-order valence-electron chi connectivity index (χ0n) is 16.5. The van der Waals surface area contributed by atoms with E-state index in [2.05, 4.69) is 24.1 Å². The van der Waals surface area contributed by atoms with Crippen molar-refractivity contribution in [3.8, 4) is 5.88 Å². The molecule has 1 aromatic heterocycles. The molecule has 1 heterocycles. The van der Waals surface area contributed by atoms with Gasteiger partial charge in [-0.25, -0.2) is 4.98 Å². The van der Waals surface area contributed by atoms with E-state index in [1.165, 1.54) is 0 Å². The Balaban J connectivity index is 2.78. The van der Waals surface area contributed by atoms with Crippen molar-refractivity contribution < 1.29 is 14.3 Å². The molecule has 142 valence electrons. The average molecular weight is 351 g/mol. The molecule has 1 aromatic rings. The second-order valence-corrected chi connectivity index (χ2v) is 6.62. The lowest BCUT2D eigenvalue weighted by atomic mass is 9.97. The number of unbranched alkanes of at least 4 members (excludes halogenated alkanes) is 2. The highest BCUT2D eigenvalue weighted by molar-refractivity contribution is 5.97. The molecule has 1 rings (SSSR count). The van der Waals surface area contributed by atoms with E-state index in [4.69, 9.17) is 9.47 Å². The van der Waals surface area contributed by atoms with Crippen LogP contribution in [-0.2, 0) is 9.53 Å². The molecular formula is C20H34N2O3. The summed E-state index contributed by atoms with van der Waals surface area (Å²) in [6.45, 7) is 11.3. The van der Waals surface area contributed by atoms with E-state index in [-0.39, 0.29) is 5.91 Å². The molecule has 1 amide bonds. The van der Waals surface area contributed by atoms with Crippen LogP contribution < -0.4 is 10.1 Å². The minimum Gasteiger partial charge on any atom is -0.478 e. The molecule has 25 heavy (non-hydrogen) atoms. The molecule has 0 saturated heterocycles. The first-order valence-electron chi connectivity index (χ1n) is 9.52. The van der Waals surface area contributed by atoms with Crippen LogP contribution in [0.5, 0.6) is 5.88 Å². The van der Waals surface area contributed by atoms with Gasteiger partial charge in [0.2, 0.25) is 5.88 Å². The number of rotatable bonds is 12. The van der Waals surface area contributed by atoms with E-state index in [1.54, 1.807) is 6.07 Å². The number of aryl methyl sites for hydroxylation is 1. The summed E-state index contributed by atoms with van der Waals surface area (Å²) in [4.78, 5) is 17.2. The van der Waals surface area contributed by atoms with E-state index in [9.17, 15) is 4.79 Å². The zero-order chi connectivity index (χ0) is 18.7.